The first-order chi connectivity index (χ1) is 14.7. The molecule has 0 aliphatic heterocycles. The second-order valence-corrected chi connectivity index (χ2v) is 8.77. The lowest BCUT2D eigenvalue weighted by atomic mass is 9.60. The summed E-state index contributed by atoms with van der Waals surface area (Å²) in [6.07, 6.45) is 3.43. The molecule has 8 nitrogen and oxygen atoms in total. The highest BCUT2D eigenvalue weighted by molar-refractivity contribution is 6.30. The third-order valence-electron chi connectivity index (χ3n) is 6.40. The molecule has 3 fully saturated rings. The summed E-state index contributed by atoms with van der Waals surface area (Å²) in [5, 5.41) is 20.8. The van der Waals surface area contributed by atoms with E-state index in [0.29, 0.717) is 37.8 Å². The van der Waals surface area contributed by atoms with Crippen LogP contribution >= 0.6 is 11.6 Å². The average Bonchev–Trinajstić information content (AvgIpc) is 3.16. The molecule has 3 aliphatic rings. The number of amides is 2. The molecule has 0 saturated heterocycles. The van der Waals surface area contributed by atoms with E-state index in [-0.39, 0.29) is 23.3 Å². The van der Waals surface area contributed by atoms with Gasteiger partial charge < -0.3 is 20.5 Å². The molecule has 2 amide bonds. The van der Waals surface area contributed by atoms with Crippen molar-refractivity contribution in [3.63, 3.8) is 0 Å². The molecule has 1 atom stereocenters. The number of carbonyl (C=O) groups excluding carboxylic acids is 2. The van der Waals surface area contributed by atoms with Gasteiger partial charge in [0.1, 0.15) is 17.3 Å². The molecular weight excluding hydrogens is 427 g/mol. The topological polar surface area (TPSA) is 105 Å². The highest BCUT2D eigenvalue weighted by Gasteiger charge is 2.55. The molecule has 0 spiro atoms. The maximum Gasteiger partial charge on any atom is 0.269 e. The van der Waals surface area contributed by atoms with Crippen LogP contribution in [0, 0.1) is 5.82 Å². The van der Waals surface area contributed by atoms with E-state index in [9.17, 15) is 19.1 Å². The third-order valence-corrected chi connectivity index (χ3v) is 6.71. The first-order valence-electron chi connectivity index (χ1n) is 10.1. The molecular formula is C21H24ClFN4O4. The van der Waals surface area contributed by atoms with E-state index in [4.69, 9.17) is 16.3 Å². The first-order valence-corrected chi connectivity index (χ1v) is 10.5. The number of aliphatic hydroxyl groups excluding tert-OH is 1. The van der Waals surface area contributed by atoms with Gasteiger partial charge in [-0.1, -0.05) is 11.6 Å². The zero-order chi connectivity index (χ0) is 22.2. The number of aryl methyl sites for hydroxylation is 1. The van der Waals surface area contributed by atoms with E-state index in [2.05, 4.69) is 15.7 Å². The number of rotatable bonds is 6. The summed E-state index contributed by atoms with van der Waals surface area (Å²) in [6, 6.07) is 5.59. The Labute approximate surface area is 183 Å². The molecule has 31 heavy (non-hydrogen) atoms. The summed E-state index contributed by atoms with van der Waals surface area (Å²) >= 11 is 5.64. The van der Waals surface area contributed by atoms with Gasteiger partial charge in [0.2, 0.25) is 0 Å². The molecule has 1 aromatic heterocycles. The van der Waals surface area contributed by atoms with Crippen molar-refractivity contribution in [3.05, 3.63) is 47.0 Å². The third kappa shape index (κ3) is 4.24. The highest BCUT2D eigenvalue weighted by atomic mass is 35.5. The van der Waals surface area contributed by atoms with Gasteiger partial charge in [0, 0.05) is 24.8 Å². The van der Waals surface area contributed by atoms with Crippen LogP contribution in [-0.2, 0) is 11.8 Å². The van der Waals surface area contributed by atoms with Gasteiger partial charge in [-0.25, -0.2) is 4.39 Å². The Kier molecular flexibility index (Phi) is 5.65. The van der Waals surface area contributed by atoms with Crippen molar-refractivity contribution >= 4 is 23.4 Å². The number of nitrogens with one attached hydrogen (secondary N) is 2. The zero-order valence-electron chi connectivity index (χ0n) is 17.0. The second kappa shape index (κ2) is 8.12. The summed E-state index contributed by atoms with van der Waals surface area (Å²) < 4.78 is 20.4. The average molecular weight is 451 g/mol. The minimum atomic E-state index is -0.807. The van der Waals surface area contributed by atoms with Crippen molar-refractivity contribution in [1.82, 2.24) is 20.4 Å². The summed E-state index contributed by atoms with van der Waals surface area (Å²) in [5.41, 5.74) is -0.815. The largest absolute Gasteiger partial charge is 0.484 e. The van der Waals surface area contributed by atoms with Crippen LogP contribution in [0.5, 0.6) is 5.75 Å². The normalized spacial score (nSPS) is 27.0. The predicted octanol–water partition coefficient (Wildman–Crippen LogP) is 1.95. The number of hydrogen-bond acceptors (Lipinski definition) is 5. The Bertz CT molecular complexity index is 1000. The fourth-order valence-corrected chi connectivity index (χ4v) is 4.71. The summed E-state index contributed by atoms with van der Waals surface area (Å²) in [5.74, 6) is -1.06. The van der Waals surface area contributed by atoms with Crippen LogP contribution in [-0.4, -0.2) is 50.5 Å². The quantitative estimate of drug-likeness (QED) is 0.624. The molecule has 1 aromatic carbocycles. The Morgan fingerprint density at radius 2 is 2.03 bits per heavy atom. The molecule has 2 bridgehead atoms. The van der Waals surface area contributed by atoms with Gasteiger partial charge >= 0.3 is 0 Å². The van der Waals surface area contributed by atoms with Gasteiger partial charge in [-0.05, 0) is 50.3 Å². The Morgan fingerprint density at radius 1 is 1.29 bits per heavy atom. The number of fused-ring (bicyclic) bond motifs is 3. The number of benzene rings is 1. The van der Waals surface area contributed by atoms with E-state index in [1.165, 1.54) is 16.8 Å². The van der Waals surface area contributed by atoms with Gasteiger partial charge in [0.05, 0.1) is 16.7 Å². The lowest BCUT2D eigenvalue weighted by Gasteiger charge is -2.56. The standard InChI is InChI=1S/C21H24ClFN4O4/c1-27-16(4-9-24-27)19(30)26-20-5-7-21(8-6-20,17(28)11-20)25-18(29)12-31-13-2-3-14(22)15(23)10-13/h2-4,9-10,17,28H,5-8,11-12H2,1H3,(H,25,29)(H,26,30). The molecule has 1 unspecified atom stereocenters. The molecule has 3 saturated carbocycles. The van der Waals surface area contributed by atoms with Crippen molar-refractivity contribution in [2.75, 3.05) is 6.61 Å². The first kappa shape index (κ1) is 21.6. The van der Waals surface area contributed by atoms with Crippen molar-refractivity contribution in [2.45, 2.75) is 49.3 Å². The second-order valence-electron chi connectivity index (χ2n) is 8.36. The van der Waals surface area contributed by atoms with Gasteiger partial charge in [-0.15, -0.1) is 0 Å². The summed E-state index contributed by atoms with van der Waals surface area (Å²) in [4.78, 5) is 25.1. The van der Waals surface area contributed by atoms with Gasteiger partial charge in [0.15, 0.2) is 6.61 Å². The Balaban J connectivity index is 1.35. The zero-order valence-corrected chi connectivity index (χ0v) is 17.8. The summed E-state index contributed by atoms with van der Waals surface area (Å²) in [6.45, 7) is -0.308. The van der Waals surface area contributed by atoms with E-state index < -0.39 is 28.9 Å². The molecule has 1 heterocycles. The van der Waals surface area contributed by atoms with Crippen LogP contribution in [0.15, 0.2) is 30.5 Å². The van der Waals surface area contributed by atoms with Crippen LogP contribution in [0.2, 0.25) is 5.02 Å². The van der Waals surface area contributed by atoms with E-state index in [1.54, 1.807) is 19.3 Å². The molecule has 3 N–H and O–H groups in total. The maximum absolute atomic E-state index is 13.5. The van der Waals surface area contributed by atoms with Gasteiger partial charge in [0.25, 0.3) is 11.8 Å². The molecule has 2 aromatic rings. The fourth-order valence-electron chi connectivity index (χ4n) is 4.59. The van der Waals surface area contributed by atoms with Crippen LogP contribution < -0.4 is 15.4 Å². The number of hydrogen-bond donors (Lipinski definition) is 3. The number of carbonyl (C=O) groups is 2. The van der Waals surface area contributed by atoms with Crippen molar-refractivity contribution in [2.24, 2.45) is 7.05 Å². The number of aromatic nitrogens is 2. The monoisotopic (exact) mass is 450 g/mol. The van der Waals surface area contributed by atoms with E-state index >= 15 is 0 Å². The van der Waals surface area contributed by atoms with Crippen LogP contribution in [0.1, 0.15) is 42.6 Å². The number of aliphatic hydroxyl groups is 1. The highest BCUT2D eigenvalue weighted by Crippen LogP contribution is 2.47. The fraction of sp³-hybridized carbons (Fsp3) is 0.476. The molecule has 10 heteroatoms. The lowest BCUT2D eigenvalue weighted by molar-refractivity contribution is -0.132. The van der Waals surface area contributed by atoms with E-state index in [1.807, 2.05) is 0 Å². The van der Waals surface area contributed by atoms with Crippen LogP contribution in [0.4, 0.5) is 4.39 Å². The minimum Gasteiger partial charge on any atom is -0.484 e. The van der Waals surface area contributed by atoms with Crippen molar-refractivity contribution in [1.29, 1.82) is 0 Å². The maximum atomic E-state index is 13.5. The van der Waals surface area contributed by atoms with Gasteiger partial charge in [-0.3, -0.25) is 14.3 Å². The smallest absolute Gasteiger partial charge is 0.269 e. The predicted molar refractivity (Wildman–Crippen MR) is 110 cm³/mol. The molecule has 5 rings (SSSR count). The number of nitrogens with zero attached hydrogens (tertiary/aromatic N) is 2. The summed E-state index contributed by atoms with van der Waals surface area (Å²) in [7, 11) is 1.70. The van der Waals surface area contributed by atoms with Crippen LogP contribution in [0.3, 0.4) is 0 Å². The lowest BCUT2D eigenvalue weighted by Crippen LogP contribution is -2.70. The van der Waals surface area contributed by atoms with Crippen molar-refractivity contribution in [3.8, 4) is 5.75 Å². The van der Waals surface area contributed by atoms with E-state index in [0.717, 1.165) is 6.07 Å². The Morgan fingerprint density at radius 3 is 2.65 bits per heavy atom. The Hall–Kier alpha value is -2.65. The number of halogens is 2. The molecule has 166 valence electrons. The van der Waals surface area contributed by atoms with Crippen molar-refractivity contribution < 1.29 is 23.8 Å². The molecule has 0 radical (unpaired) electrons. The number of ether oxygens (including phenoxy) is 1. The van der Waals surface area contributed by atoms with Gasteiger partial charge in [-0.2, -0.15) is 5.10 Å². The molecule has 3 aliphatic carbocycles. The SMILES string of the molecule is Cn1nccc1C(=O)NC12CCC(NC(=O)COc3ccc(Cl)c(F)c3)(CC1)C(O)C2. The van der Waals surface area contributed by atoms with Crippen LogP contribution in [0.25, 0.3) is 0 Å². The minimum absolute atomic E-state index is 0.0257.